The minimum absolute atomic E-state index is 0.300. The van der Waals surface area contributed by atoms with Gasteiger partial charge in [0.15, 0.2) is 0 Å². The van der Waals surface area contributed by atoms with Gasteiger partial charge in [0, 0.05) is 11.6 Å². The molecule has 1 aromatic rings. The van der Waals surface area contributed by atoms with Crippen LogP contribution >= 0.6 is 11.6 Å². The molecule has 1 saturated heterocycles. The van der Waals surface area contributed by atoms with Crippen molar-refractivity contribution in [2.24, 2.45) is 0 Å². The normalized spacial score (nSPS) is 20.8. The summed E-state index contributed by atoms with van der Waals surface area (Å²) in [6, 6.07) is 4.04. The molecule has 1 aromatic carbocycles. The summed E-state index contributed by atoms with van der Waals surface area (Å²) in [6.45, 7) is 6.09. The molecule has 0 radical (unpaired) electrons. The van der Waals surface area contributed by atoms with Crippen molar-refractivity contribution in [3.05, 3.63) is 28.3 Å². The number of nitrogens with one attached hydrogen (secondary N) is 1. The van der Waals surface area contributed by atoms with Gasteiger partial charge < -0.3 is 10.1 Å². The van der Waals surface area contributed by atoms with Gasteiger partial charge in [-0.15, -0.1) is 0 Å². The molecule has 0 amide bonds. The monoisotopic (exact) mass is 239 g/mol. The summed E-state index contributed by atoms with van der Waals surface area (Å²) in [6.07, 6.45) is 2.62. The molecule has 1 aliphatic rings. The first-order chi connectivity index (χ1) is 7.66. The lowest BCUT2D eigenvalue weighted by Crippen LogP contribution is -2.37. The van der Waals surface area contributed by atoms with E-state index in [1.54, 1.807) is 0 Å². The van der Waals surface area contributed by atoms with Crippen molar-refractivity contribution >= 4 is 11.6 Å². The van der Waals surface area contributed by atoms with Crippen LogP contribution in [0.3, 0.4) is 0 Å². The predicted octanol–water partition coefficient (Wildman–Crippen LogP) is 3.09. The van der Waals surface area contributed by atoms with Crippen molar-refractivity contribution < 1.29 is 4.74 Å². The van der Waals surface area contributed by atoms with Crippen LogP contribution in [0.15, 0.2) is 12.1 Å². The second-order valence-corrected chi connectivity index (χ2v) is 4.84. The maximum Gasteiger partial charge on any atom is 0.120 e. The lowest BCUT2D eigenvalue weighted by Gasteiger charge is -2.24. The molecule has 1 unspecified atom stereocenters. The zero-order valence-corrected chi connectivity index (χ0v) is 10.6. The highest BCUT2D eigenvalue weighted by molar-refractivity contribution is 6.32. The highest BCUT2D eigenvalue weighted by Crippen LogP contribution is 2.27. The van der Waals surface area contributed by atoms with Crippen molar-refractivity contribution in [2.45, 2.75) is 32.8 Å². The Morgan fingerprint density at radius 3 is 2.56 bits per heavy atom. The van der Waals surface area contributed by atoms with E-state index >= 15 is 0 Å². The second-order valence-electron chi connectivity index (χ2n) is 4.46. The van der Waals surface area contributed by atoms with E-state index in [2.05, 4.69) is 5.32 Å². The number of hydrogen-bond acceptors (Lipinski definition) is 2. The lowest BCUT2D eigenvalue weighted by atomic mass is 10.1. The van der Waals surface area contributed by atoms with E-state index in [1.807, 2.05) is 26.0 Å². The van der Waals surface area contributed by atoms with Gasteiger partial charge >= 0.3 is 0 Å². The van der Waals surface area contributed by atoms with Crippen molar-refractivity contribution in [2.75, 3.05) is 13.1 Å². The lowest BCUT2D eigenvalue weighted by molar-refractivity contribution is 0.167. The second kappa shape index (κ2) is 5.07. The van der Waals surface area contributed by atoms with E-state index in [-0.39, 0.29) is 0 Å². The summed E-state index contributed by atoms with van der Waals surface area (Å²) in [5, 5.41) is 4.19. The fourth-order valence-corrected chi connectivity index (χ4v) is 2.20. The molecule has 1 fully saturated rings. The SMILES string of the molecule is Cc1cc(OC2CCCNC2)cc(C)c1Cl. The van der Waals surface area contributed by atoms with Crippen molar-refractivity contribution in [1.29, 1.82) is 0 Å². The molecule has 88 valence electrons. The van der Waals surface area contributed by atoms with Crippen LogP contribution in [-0.2, 0) is 0 Å². The zero-order valence-electron chi connectivity index (χ0n) is 9.85. The van der Waals surface area contributed by atoms with Gasteiger partial charge in [0.25, 0.3) is 0 Å². The van der Waals surface area contributed by atoms with Gasteiger partial charge in [0.05, 0.1) is 0 Å². The van der Waals surface area contributed by atoms with Gasteiger partial charge in [-0.25, -0.2) is 0 Å². The van der Waals surface area contributed by atoms with Crippen LogP contribution in [0.1, 0.15) is 24.0 Å². The van der Waals surface area contributed by atoms with E-state index in [0.717, 1.165) is 41.4 Å². The Hall–Kier alpha value is -0.730. The van der Waals surface area contributed by atoms with Crippen molar-refractivity contribution in [1.82, 2.24) is 5.32 Å². The molecule has 3 heteroatoms. The standard InChI is InChI=1S/C13H18ClNO/c1-9-6-12(7-10(2)13(9)14)16-11-4-3-5-15-8-11/h6-7,11,15H,3-5,8H2,1-2H3. The van der Waals surface area contributed by atoms with Crippen LogP contribution in [0.2, 0.25) is 5.02 Å². The topological polar surface area (TPSA) is 21.3 Å². The van der Waals surface area contributed by atoms with Crippen LogP contribution < -0.4 is 10.1 Å². The highest BCUT2D eigenvalue weighted by atomic mass is 35.5. The molecule has 16 heavy (non-hydrogen) atoms. The van der Waals surface area contributed by atoms with Gasteiger partial charge in [0.1, 0.15) is 11.9 Å². The fraction of sp³-hybridized carbons (Fsp3) is 0.538. The Morgan fingerprint density at radius 2 is 2.00 bits per heavy atom. The first-order valence-corrected chi connectivity index (χ1v) is 6.19. The van der Waals surface area contributed by atoms with E-state index in [9.17, 15) is 0 Å². The Morgan fingerprint density at radius 1 is 1.31 bits per heavy atom. The number of halogens is 1. The Labute approximate surface area is 102 Å². The maximum absolute atomic E-state index is 6.12. The molecule has 0 aliphatic carbocycles. The first kappa shape index (κ1) is 11.7. The molecule has 2 rings (SSSR count). The molecule has 0 bridgehead atoms. The Kier molecular flexibility index (Phi) is 3.72. The third-order valence-electron chi connectivity index (χ3n) is 2.96. The van der Waals surface area contributed by atoms with Gasteiger partial charge in [-0.1, -0.05) is 11.6 Å². The minimum Gasteiger partial charge on any atom is -0.489 e. The summed E-state index contributed by atoms with van der Waals surface area (Å²) in [5.41, 5.74) is 2.17. The number of ether oxygens (including phenoxy) is 1. The maximum atomic E-state index is 6.12. The Bertz CT molecular complexity index is 349. The molecule has 1 aliphatic heterocycles. The largest absolute Gasteiger partial charge is 0.489 e. The number of aryl methyl sites for hydroxylation is 2. The van der Waals surface area contributed by atoms with Gasteiger partial charge in [0.2, 0.25) is 0 Å². The smallest absolute Gasteiger partial charge is 0.120 e. The van der Waals surface area contributed by atoms with E-state index in [1.165, 1.54) is 6.42 Å². The number of hydrogen-bond donors (Lipinski definition) is 1. The van der Waals surface area contributed by atoms with Crippen molar-refractivity contribution in [3.63, 3.8) is 0 Å². The molecule has 2 nitrogen and oxygen atoms in total. The first-order valence-electron chi connectivity index (χ1n) is 5.81. The van der Waals surface area contributed by atoms with Crippen molar-refractivity contribution in [3.8, 4) is 5.75 Å². The van der Waals surface area contributed by atoms with Crippen LogP contribution in [-0.4, -0.2) is 19.2 Å². The zero-order chi connectivity index (χ0) is 11.5. The number of benzene rings is 1. The number of rotatable bonds is 2. The highest BCUT2D eigenvalue weighted by Gasteiger charge is 2.15. The molecule has 0 aromatic heterocycles. The molecule has 0 saturated carbocycles. The molecule has 0 spiro atoms. The Balaban J connectivity index is 2.09. The van der Waals surface area contributed by atoms with Crippen LogP contribution in [0, 0.1) is 13.8 Å². The summed E-state index contributed by atoms with van der Waals surface area (Å²) in [5.74, 6) is 0.938. The number of piperidine rings is 1. The predicted molar refractivity (Wildman–Crippen MR) is 67.4 cm³/mol. The summed E-state index contributed by atoms with van der Waals surface area (Å²) in [7, 11) is 0. The quantitative estimate of drug-likeness (QED) is 0.857. The summed E-state index contributed by atoms with van der Waals surface area (Å²) in [4.78, 5) is 0. The summed E-state index contributed by atoms with van der Waals surface area (Å²) >= 11 is 6.12. The molecule has 1 heterocycles. The van der Waals surface area contributed by atoms with E-state index < -0.39 is 0 Å². The van der Waals surface area contributed by atoms with Crippen LogP contribution in [0.25, 0.3) is 0 Å². The fourth-order valence-electron chi connectivity index (χ4n) is 2.09. The minimum atomic E-state index is 0.300. The van der Waals surface area contributed by atoms with Crippen LogP contribution in [0.4, 0.5) is 0 Å². The van der Waals surface area contributed by atoms with Gasteiger partial charge in [-0.2, -0.15) is 0 Å². The average molecular weight is 240 g/mol. The molecular weight excluding hydrogens is 222 g/mol. The van der Waals surface area contributed by atoms with Crippen LogP contribution in [0.5, 0.6) is 5.75 Å². The summed E-state index contributed by atoms with van der Waals surface area (Å²) < 4.78 is 5.95. The van der Waals surface area contributed by atoms with Gasteiger partial charge in [-0.05, 0) is 56.5 Å². The van der Waals surface area contributed by atoms with E-state index in [4.69, 9.17) is 16.3 Å². The molecule has 1 N–H and O–H groups in total. The molecular formula is C13H18ClNO. The third kappa shape index (κ3) is 2.69. The average Bonchev–Trinajstić information content (AvgIpc) is 2.27. The van der Waals surface area contributed by atoms with E-state index in [0.29, 0.717) is 6.10 Å². The molecule has 1 atom stereocenters. The van der Waals surface area contributed by atoms with Gasteiger partial charge in [-0.3, -0.25) is 0 Å². The third-order valence-corrected chi connectivity index (χ3v) is 3.56.